The highest BCUT2D eigenvalue weighted by Gasteiger charge is 2.22. The van der Waals surface area contributed by atoms with Crippen molar-refractivity contribution in [1.82, 2.24) is 14.8 Å². The number of hydrazine groups is 1. The smallest absolute Gasteiger partial charge is 0.236 e. The Kier molecular flexibility index (Phi) is 10.8. The van der Waals surface area contributed by atoms with Crippen LogP contribution in [0, 0.1) is 0 Å². The van der Waals surface area contributed by atoms with Crippen molar-refractivity contribution in [2.45, 2.75) is 65.3 Å². The van der Waals surface area contributed by atoms with Crippen LogP contribution in [0.3, 0.4) is 0 Å². The largest absolute Gasteiger partial charge is 0.494 e. The number of carbonyl (C=O) groups is 2. The number of hydrogen-bond acceptors (Lipinski definition) is 5. The maximum atomic E-state index is 12.4. The molecule has 174 valence electrons. The summed E-state index contributed by atoms with van der Waals surface area (Å²) in [4.78, 5) is 28.3. The van der Waals surface area contributed by atoms with Gasteiger partial charge in [-0.1, -0.05) is 26.3 Å². The van der Waals surface area contributed by atoms with Gasteiger partial charge in [-0.3, -0.25) is 14.6 Å². The average molecular weight is 433 g/mol. The molecule has 2 aliphatic rings. The summed E-state index contributed by atoms with van der Waals surface area (Å²) >= 11 is 0. The average Bonchev–Trinajstić information content (AvgIpc) is 2.81. The van der Waals surface area contributed by atoms with Gasteiger partial charge in [-0.25, -0.2) is 5.84 Å². The van der Waals surface area contributed by atoms with Crippen LogP contribution < -0.4 is 10.6 Å². The standard InChI is InChI=1S/C22H34N4O3.C2H6/c1-24(23)21(27)8-9-22(28)26-14-10-18-16-20(7-6-19(18)17-26)29-15-5-13-25-11-3-2-4-12-25;1-2/h6-7,16H,2-5,8-15,17,23H2,1H3;1-2H3. The van der Waals surface area contributed by atoms with E-state index >= 15 is 0 Å². The van der Waals surface area contributed by atoms with Crippen LogP contribution in [-0.2, 0) is 22.6 Å². The number of carbonyl (C=O) groups excluding carboxylic acids is 2. The molecule has 2 N–H and O–H groups in total. The van der Waals surface area contributed by atoms with Crippen LogP contribution in [-0.4, -0.2) is 66.5 Å². The van der Waals surface area contributed by atoms with E-state index in [2.05, 4.69) is 17.0 Å². The van der Waals surface area contributed by atoms with Gasteiger partial charge in [0.15, 0.2) is 0 Å². The van der Waals surface area contributed by atoms with E-state index in [1.54, 1.807) is 0 Å². The van der Waals surface area contributed by atoms with Gasteiger partial charge in [0.1, 0.15) is 5.75 Å². The van der Waals surface area contributed by atoms with Crippen molar-refractivity contribution in [1.29, 1.82) is 0 Å². The SMILES string of the molecule is CC.CN(N)C(=O)CCC(=O)N1CCc2cc(OCCCN3CCCCC3)ccc2C1. The highest BCUT2D eigenvalue weighted by molar-refractivity contribution is 5.83. The molecule has 7 heteroatoms. The molecule has 7 nitrogen and oxygen atoms in total. The number of likely N-dealkylation sites (tertiary alicyclic amines) is 1. The van der Waals surface area contributed by atoms with Crippen LogP contribution >= 0.6 is 0 Å². The van der Waals surface area contributed by atoms with Gasteiger partial charge in [0.25, 0.3) is 0 Å². The van der Waals surface area contributed by atoms with Crippen molar-refractivity contribution in [3.05, 3.63) is 29.3 Å². The minimum atomic E-state index is -0.224. The molecule has 1 fully saturated rings. The lowest BCUT2D eigenvalue weighted by molar-refractivity contribution is -0.137. The molecule has 2 aliphatic heterocycles. The summed E-state index contributed by atoms with van der Waals surface area (Å²) in [6.07, 6.45) is 6.24. The topological polar surface area (TPSA) is 79.1 Å². The molecule has 3 rings (SSSR count). The summed E-state index contributed by atoms with van der Waals surface area (Å²) in [6.45, 7) is 9.58. The molecule has 0 saturated carbocycles. The summed E-state index contributed by atoms with van der Waals surface area (Å²) in [7, 11) is 1.50. The van der Waals surface area contributed by atoms with E-state index in [1.165, 1.54) is 45.0 Å². The maximum absolute atomic E-state index is 12.4. The van der Waals surface area contributed by atoms with Gasteiger partial charge in [0, 0.05) is 39.5 Å². The van der Waals surface area contributed by atoms with Crippen molar-refractivity contribution in [2.24, 2.45) is 5.84 Å². The lowest BCUT2D eigenvalue weighted by Gasteiger charge is -2.29. The Morgan fingerprint density at radius 3 is 2.52 bits per heavy atom. The molecule has 0 aliphatic carbocycles. The molecule has 2 heterocycles. The van der Waals surface area contributed by atoms with Gasteiger partial charge >= 0.3 is 0 Å². The third-order valence-electron chi connectivity index (χ3n) is 5.82. The number of nitrogens with zero attached hydrogens (tertiary/aromatic N) is 3. The zero-order valence-corrected chi connectivity index (χ0v) is 19.6. The molecule has 1 aromatic rings. The summed E-state index contributed by atoms with van der Waals surface area (Å²) in [5, 5.41) is 1.03. The fourth-order valence-electron chi connectivity index (χ4n) is 4.04. The minimum absolute atomic E-state index is 0.00360. The van der Waals surface area contributed by atoms with Crippen molar-refractivity contribution in [2.75, 3.05) is 39.8 Å². The zero-order chi connectivity index (χ0) is 22.6. The van der Waals surface area contributed by atoms with Crippen LogP contribution in [0.4, 0.5) is 0 Å². The fourth-order valence-corrected chi connectivity index (χ4v) is 4.04. The number of nitrogens with two attached hydrogens (primary N) is 1. The Bertz CT molecular complexity index is 702. The zero-order valence-electron chi connectivity index (χ0n) is 19.6. The molecular weight excluding hydrogens is 392 g/mol. The predicted molar refractivity (Wildman–Crippen MR) is 124 cm³/mol. The van der Waals surface area contributed by atoms with Crippen LogP contribution in [0.15, 0.2) is 18.2 Å². The van der Waals surface area contributed by atoms with Gasteiger partial charge in [0.2, 0.25) is 11.8 Å². The molecule has 0 bridgehead atoms. The molecule has 0 atom stereocenters. The first-order valence-corrected chi connectivity index (χ1v) is 11.8. The van der Waals surface area contributed by atoms with E-state index in [4.69, 9.17) is 10.6 Å². The lowest BCUT2D eigenvalue weighted by atomic mass is 9.99. The number of benzene rings is 1. The highest BCUT2D eigenvalue weighted by Crippen LogP contribution is 2.24. The van der Waals surface area contributed by atoms with Gasteiger partial charge in [-0.05, 0) is 62.0 Å². The number of hydrogen-bond donors (Lipinski definition) is 1. The monoisotopic (exact) mass is 432 g/mol. The minimum Gasteiger partial charge on any atom is -0.494 e. The Hall–Kier alpha value is -2.12. The first kappa shape index (κ1) is 25.1. The first-order valence-electron chi connectivity index (χ1n) is 11.8. The second kappa shape index (κ2) is 13.3. The van der Waals surface area contributed by atoms with E-state index in [-0.39, 0.29) is 24.7 Å². The van der Waals surface area contributed by atoms with Crippen LogP contribution in [0.5, 0.6) is 5.75 Å². The Morgan fingerprint density at radius 1 is 1.06 bits per heavy atom. The molecule has 0 spiro atoms. The van der Waals surface area contributed by atoms with E-state index in [9.17, 15) is 9.59 Å². The van der Waals surface area contributed by atoms with Gasteiger partial charge in [-0.2, -0.15) is 0 Å². The fraction of sp³-hybridized carbons (Fsp3) is 0.667. The Morgan fingerprint density at radius 2 is 1.81 bits per heavy atom. The summed E-state index contributed by atoms with van der Waals surface area (Å²) in [6, 6.07) is 6.18. The van der Waals surface area contributed by atoms with Crippen LogP contribution in [0.1, 0.15) is 63.5 Å². The number of amides is 2. The molecule has 2 amide bonds. The highest BCUT2D eigenvalue weighted by atomic mass is 16.5. The quantitative estimate of drug-likeness (QED) is 0.296. The lowest BCUT2D eigenvalue weighted by Crippen LogP contribution is -2.38. The van der Waals surface area contributed by atoms with Crippen molar-refractivity contribution in [3.63, 3.8) is 0 Å². The number of ether oxygens (including phenoxy) is 1. The number of piperidine rings is 1. The molecule has 31 heavy (non-hydrogen) atoms. The van der Waals surface area contributed by atoms with E-state index < -0.39 is 0 Å². The third kappa shape index (κ3) is 8.15. The summed E-state index contributed by atoms with van der Waals surface area (Å²) in [5.41, 5.74) is 2.41. The first-order chi connectivity index (χ1) is 15.0. The molecule has 1 saturated heterocycles. The Balaban J connectivity index is 0.00000166. The van der Waals surface area contributed by atoms with Crippen molar-refractivity contribution < 1.29 is 14.3 Å². The van der Waals surface area contributed by atoms with Crippen molar-refractivity contribution in [3.8, 4) is 5.75 Å². The number of rotatable bonds is 8. The predicted octanol–water partition coefficient (Wildman–Crippen LogP) is 2.96. The molecular formula is C24H40N4O3. The van der Waals surface area contributed by atoms with E-state index in [0.29, 0.717) is 13.1 Å². The molecule has 0 aromatic heterocycles. The summed E-state index contributed by atoms with van der Waals surface area (Å²) in [5.74, 6) is 6.10. The van der Waals surface area contributed by atoms with Gasteiger partial charge in [-0.15, -0.1) is 0 Å². The number of fused-ring (bicyclic) bond motifs is 1. The van der Waals surface area contributed by atoms with Gasteiger partial charge < -0.3 is 14.5 Å². The van der Waals surface area contributed by atoms with Crippen molar-refractivity contribution >= 4 is 11.8 Å². The molecule has 1 aromatic carbocycles. The van der Waals surface area contributed by atoms with E-state index in [1.807, 2.05) is 24.8 Å². The second-order valence-corrected chi connectivity index (χ2v) is 8.10. The second-order valence-electron chi connectivity index (χ2n) is 8.10. The van der Waals surface area contributed by atoms with Crippen LogP contribution in [0.2, 0.25) is 0 Å². The normalized spacial score (nSPS) is 16.1. The third-order valence-corrected chi connectivity index (χ3v) is 5.82. The van der Waals surface area contributed by atoms with Gasteiger partial charge in [0.05, 0.1) is 6.61 Å². The molecule has 0 unspecified atom stereocenters. The Labute approximate surface area is 187 Å². The maximum Gasteiger partial charge on any atom is 0.236 e. The summed E-state index contributed by atoms with van der Waals surface area (Å²) < 4.78 is 5.96. The van der Waals surface area contributed by atoms with E-state index in [0.717, 1.165) is 42.3 Å². The van der Waals surface area contributed by atoms with Crippen LogP contribution in [0.25, 0.3) is 0 Å². The molecule has 0 radical (unpaired) electrons.